The van der Waals surface area contributed by atoms with E-state index < -0.39 is 10.4 Å². The SMILES string of the molecule is CC=C=COS(=O)(=O)O. The summed E-state index contributed by atoms with van der Waals surface area (Å²) in [4.78, 5) is 0. The van der Waals surface area contributed by atoms with Crippen molar-refractivity contribution in [3.05, 3.63) is 18.1 Å². The molecule has 0 aliphatic rings. The summed E-state index contributed by atoms with van der Waals surface area (Å²) >= 11 is 0. The minimum absolute atomic E-state index is 0.745. The average molecular weight is 150 g/mol. The molecule has 0 unspecified atom stereocenters. The van der Waals surface area contributed by atoms with E-state index in [2.05, 4.69) is 9.91 Å². The fourth-order valence-corrected chi connectivity index (χ4v) is 0.334. The molecule has 0 aliphatic heterocycles. The summed E-state index contributed by atoms with van der Waals surface area (Å²) in [6.07, 6.45) is 2.18. The largest absolute Gasteiger partial charge is 0.446 e. The lowest BCUT2D eigenvalue weighted by atomic mass is 10.7. The maximum absolute atomic E-state index is 9.75. The van der Waals surface area contributed by atoms with Gasteiger partial charge in [-0.25, -0.2) is 0 Å². The van der Waals surface area contributed by atoms with Gasteiger partial charge in [0.15, 0.2) is 6.26 Å². The number of allylic oxidation sites excluding steroid dienone is 1. The summed E-state index contributed by atoms with van der Waals surface area (Å²) in [5, 5.41) is 0. The van der Waals surface area contributed by atoms with Crippen LogP contribution in [-0.2, 0) is 14.6 Å². The van der Waals surface area contributed by atoms with Gasteiger partial charge in [-0.2, -0.15) is 8.42 Å². The number of hydrogen-bond acceptors (Lipinski definition) is 3. The molecule has 4 nitrogen and oxygen atoms in total. The van der Waals surface area contributed by atoms with Gasteiger partial charge >= 0.3 is 10.4 Å². The first-order chi connectivity index (χ1) is 4.06. The topological polar surface area (TPSA) is 63.6 Å². The first-order valence-electron chi connectivity index (χ1n) is 2.07. The fourth-order valence-electron chi connectivity index (χ4n) is 0.157. The molecule has 0 aromatic rings. The molecule has 0 aromatic heterocycles. The Labute approximate surface area is 53.4 Å². The molecular weight excluding hydrogens is 144 g/mol. The second-order valence-electron chi connectivity index (χ2n) is 1.10. The molecule has 0 aromatic carbocycles. The summed E-state index contributed by atoms with van der Waals surface area (Å²) in [5.41, 5.74) is 2.29. The van der Waals surface area contributed by atoms with Crippen LogP contribution >= 0.6 is 0 Å². The first-order valence-corrected chi connectivity index (χ1v) is 3.44. The van der Waals surface area contributed by atoms with Crippen LogP contribution in [0.1, 0.15) is 6.92 Å². The number of rotatable bonds is 2. The summed E-state index contributed by atoms with van der Waals surface area (Å²) in [6.45, 7) is 1.63. The Balaban J connectivity index is 3.95. The monoisotopic (exact) mass is 150 g/mol. The molecule has 0 aliphatic carbocycles. The normalized spacial score (nSPS) is 9.56. The van der Waals surface area contributed by atoms with E-state index in [1.54, 1.807) is 6.92 Å². The van der Waals surface area contributed by atoms with Gasteiger partial charge in [0.05, 0.1) is 0 Å². The predicted molar refractivity (Wildman–Crippen MR) is 31.0 cm³/mol. The van der Waals surface area contributed by atoms with Crippen LogP contribution in [0.2, 0.25) is 0 Å². The van der Waals surface area contributed by atoms with Crippen molar-refractivity contribution in [1.29, 1.82) is 0 Å². The molecule has 9 heavy (non-hydrogen) atoms. The predicted octanol–water partition coefficient (Wildman–Crippen LogP) is 0.495. The van der Waals surface area contributed by atoms with Crippen LogP contribution in [0.25, 0.3) is 0 Å². The van der Waals surface area contributed by atoms with Gasteiger partial charge in [-0.15, -0.1) is 0 Å². The van der Waals surface area contributed by atoms with Crippen molar-refractivity contribution in [2.75, 3.05) is 0 Å². The summed E-state index contributed by atoms with van der Waals surface area (Å²) < 4.78 is 31.1. The van der Waals surface area contributed by atoms with Gasteiger partial charge < -0.3 is 4.18 Å². The Morgan fingerprint density at radius 3 is 2.56 bits per heavy atom. The van der Waals surface area contributed by atoms with Crippen molar-refractivity contribution in [3.8, 4) is 0 Å². The maximum Gasteiger partial charge on any atom is 0.446 e. The van der Waals surface area contributed by atoms with Crippen molar-refractivity contribution in [2.45, 2.75) is 6.92 Å². The van der Waals surface area contributed by atoms with Crippen LogP contribution in [0, 0.1) is 0 Å². The Hall–Kier alpha value is -0.770. The van der Waals surface area contributed by atoms with Gasteiger partial charge in [-0.1, -0.05) is 5.73 Å². The van der Waals surface area contributed by atoms with Gasteiger partial charge in [0, 0.05) is 0 Å². The number of hydrogen-bond donors (Lipinski definition) is 1. The highest BCUT2D eigenvalue weighted by atomic mass is 32.3. The highest BCUT2D eigenvalue weighted by Crippen LogP contribution is 1.84. The van der Waals surface area contributed by atoms with Crippen molar-refractivity contribution in [3.63, 3.8) is 0 Å². The highest BCUT2D eigenvalue weighted by molar-refractivity contribution is 7.81. The van der Waals surface area contributed by atoms with Crippen LogP contribution in [-0.4, -0.2) is 13.0 Å². The van der Waals surface area contributed by atoms with Crippen LogP contribution < -0.4 is 0 Å². The van der Waals surface area contributed by atoms with Gasteiger partial charge in [-0.3, -0.25) is 4.55 Å². The van der Waals surface area contributed by atoms with E-state index in [1.165, 1.54) is 6.08 Å². The van der Waals surface area contributed by atoms with Gasteiger partial charge in [-0.05, 0) is 13.0 Å². The molecule has 0 rings (SSSR count). The third kappa shape index (κ3) is 7.23. The van der Waals surface area contributed by atoms with E-state index in [0.717, 1.165) is 6.26 Å². The van der Waals surface area contributed by atoms with Gasteiger partial charge in [0.1, 0.15) is 0 Å². The van der Waals surface area contributed by atoms with E-state index in [9.17, 15) is 8.42 Å². The van der Waals surface area contributed by atoms with Crippen molar-refractivity contribution < 1.29 is 17.2 Å². The second-order valence-corrected chi connectivity index (χ2v) is 2.15. The highest BCUT2D eigenvalue weighted by Gasteiger charge is 1.97. The Morgan fingerprint density at radius 1 is 1.67 bits per heavy atom. The second kappa shape index (κ2) is 3.29. The smallest absolute Gasteiger partial charge is 0.361 e. The third-order valence-electron chi connectivity index (χ3n) is 0.404. The lowest BCUT2D eigenvalue weighted by Crippen LogP contribution is -1.96. The minimum atomic E-state index is -4.33. The summed E-state index contributed by atoms with van der Waals surface area (Å²) in [5.74, 6) is 0. The summed E-state index contributed by atoms with van der Waals surface area (Å²) in [6, 6.07) is 0. The van der Waals surface area contributed by atoms with Crippen LogP contribution in [0.5, 0.6) is 0 Å². The molecule has 0 radical (unpaired) electrons. The summed E-state index contributed by atoms with van der Waals surface area (Å²) in [7, 11) is -4.33. The molecule has 0 atom stereocenters. The molecule has 0 bridgehead atoms. The standard InChI is InChI=1S/C4H6O4S/c1-2-3-4-8-9(5,6)7/h2,4H,1H3,(H,5,6,7). The van der Waals surface area contributed by atoms with Crippen LogP contribution in [0.3, 0.4) is 0 Å². The molecule has 0 saturated carbocycles. The quantitative estimate of drug-likeness (QED) is 0.353. The van der Waals surface area contributed by atoms with E-state index in [0.29, 0.717) is 0 Å². The van der Waals surface area contributed by atoms with Crippen molar-refractivity contribution in [1.82, 2.24) is 0 Å². The molecule has 0 heterocycles. The van der Waals surface area contributed by atoms with Gasteiger partial charge in [0.25, 0.3) is 0 Å². The maximum atomic E-state index is 9.75. The van der Waals surface area contributed by atoms with E-state index >= 15 is 0 Å². The van der Waals surface area contributed by atoms with E-state index in [4.69, 9.17) is 4.55 Å². The lowest BCUT2D eigenvalue weighted by Gasteiger charge is -1.87. The zero-order valence-electron chi connectivity index (χ0n) is 4.73. The molecule has 0 amide bonds. The molecule has 0 fully saturated rings. The van der Waals surface area contributed by atoms with E-state index in [1.807, 2.05) is 0 Å². The van der Waals surface area contributed by atoms with E-state index in [-0.39, 0.29) is 0 Å². The Kier molecular flexibility index (Phi) is 3.01. The zero-order chi connectivity index (χ0) is 7.33. The fraction of sp³-hybridized carbons (Fsp3) is 0.250. The molecule has 5 heteroatoms. The average Bonchev–Trinajstić information content (AvgIpc) is 1.63. The zero-order valence-corrected chi connectivity index (χ0v) is 5.55. The Morgan fingerprint density at radius 2 is 2.22 bits per heavy atom. The molecule has 0 spiro atoms. The van der Waals surface area contributed by atoms with Gasteiger partial charge in [0.2, 0.25) is 0 Å². The molecule has 52 valence electrons. The van der Waals surface area contributed by atoms with Crippen molar-refractivity contribution in [2.24, 2.45) is 0 Å². The first kappa shape index (κ1) is 8.23. The Bertz CT molecular complexity index is 219. The molecule has 1 N–H and O–H groups in total. The molecule has 0 saturated heterocycles. The van der Waals surface area contributed by atoms with Crippen LogP contribution in [0.15, 0.2) is 18.1 Å². The lowest BCUT2D eigenvalue weighted by molar-refractivity contribution is 0.356. The third-order valence-corrected chi connectivity index (χ3v) is 0.744. The van der Waals surface area contributed by atoms with Crippen molar-refractivity contribution >= 4 is 10.4 Å². The molecular formula is C4H6O4S. The minimum Gasteiger partial charge on any atom is -0.361 e. The van der Waals surface area contributed by atoms with Crippen LogP contribution in [0.4, 0.5) is 0 Å².